The second-order valence-corrected chi connectivity index (χ2v) is 7.37. The Morgan fingerprint density at radius 1 is 1.08 bits per heavy atom. The average molecular weight is 350 g/mol. The van der Waals surface area contributed by atoms with Crippen molar-refractivity contribution in [2.45, 2.75) is 19.3 Å². The molecule has 4 nitrogen and oxygen atoms in total. The summed E-state index contributed by atoms with van der Waals surface area (Å²) < 4.78 is 5.95. The standard InChI is InChI=1S/C22H26N2O2/c25-21(19-16-22(19)10-12-23-13-11-22)24-14-15-26-20-9-5-4-8-18(20)17-6-2-1-3-7-17/h1-9,19,23H,10-16H2,(H,24,25). The number of benzene rings is 2. The number of rotatable bonds is 6. The van der Waals surface area contributed by atoms with Crippen molar-refractivity contribution in [2.75, 3.05) is 26.2 Å². The minimum atomic E-state index is 0.201. The van der Waals surface area contributed by atoms with Crippen molar-refractivity contribution < 1.29 is 9.53 Å². The maximum absolute atomic E-state index is 12.4. The van der Waals surface area contributed by atoms with Crippen LogP contribution in [0.3, 0.4) is 0 Å². The molecule has 0 radical (unpaired) electrons. The van der Waals surface area contributed by atoms with Gasteiger partial charge in [0, 0.05) is 11.5 Å². The maximum Gasteiger partial charge on any atom is 0.223 e. The van der Waals surface area contributed by atoms with E-state index in [1.165, 1.54) is 0 Å². The van der Waals surface area contributed by atoms with Gasteiger partial charge in [0.2, 0.25) is 5.91 Å². The van der Waals surface area contributed by atoms with E-state index in [-0.39, 0.29) is 17.2 Å². The third-order valence-corrected chi connectivity index (χ3v) is 5.74. The molecule has 4 rings (SSSR count). The molecule has 2 aromatic carbocycles. The molecule has 1 aliphatic heterocycles. The van der Waals surface area contributed by atoms with Crippen molar-refractivity contribution in [3.05, 3.63) is 54.6 Å². The highest BCUT2D eigenvalue weighted by Gasteiger charge is 2.57. The van der Waals surface area contributed by atoms with Crippen molar-refractivity contribution in [2.24, 2.45) is 11.3 Å². The molecule has 1 heterocycles. The van der Waals surface area contributed by atoms with Crippen LogP contribution in [0.2, 0.25) is 0 Å². The molecule has 1 atom stereocenters. The molecular formula is C22H26N2O2. The van der Waals surface area contributed by atoms with Gasteiger partial charge < -0.3 is 15.4 Å². The first-order valence-electron chi connectivity index (χ1n) is 9.54. The van der Waals surface area contributed by atoms with E-state index in [0.717, 1.165) is 49.2 Å². The van der Waals surface area contributed by atoms with E-state index in [4.69, 9.17) is 4.74 Å². The minimum Gasteiger partial charge on any atom is -0.491 e. The van der Waals surface area contributed by atoms with E-state index >= 15 is 0 Å². The maximum atomic E-state index is 12.4. The molecule has 1 unspecified atom stereocenters. The van der Waals surface area contributed by atoms with Crippen LogP contribution in [0.1, 0.15) is 19.3 Å². The van der Waals surface area contributed by atoms with Crippen LogP contribution in [-0.4, -0.2) is 32.1 Å². The zero-order chi connectivity index (χ0) is 17.8. The second-order valence-electron chi connectivity index (χ2n) is 7.37. The Labute approximate surface area is 155 Å². The Bertz CT molecular complexity index is 754. The van der Waals surface area contributed by atoms with Crippen LogP contribution in [0.15, 0.2) is 54.6 Å². The lowest BCUT2D eigenvalue weighted by molar-refractivity contribution is -0.123. The number of piperidine rings is 1. The summed E-state index contributed by atoms with van der Waals surface area (Å²) in [5.41, 5.74) is 2.50. The van der Waals surface area contributed by atoms with Crippen LogP contribution in [0.25, 0.3) is 11.1 Å². The molecule has 1 amide bonds. The first kappa shape index (κ1) is 17.1. The monoisotopic (exact) mass is 350 g/mol. The van der Waals surface area contributed by atoms with E-state index < -0.39 is 0 Å². The molecule has 0 bridgehead atoms. The van der Waals surface area contributed by atoms with Gasteiger partial charge in [-0.15, -0.1) is 0 Å². The molecule has 26 heavy (non-hydrogen) atoms. The van der Waals surface area contributed by atoms with Crippen molar-refractivity contribution in [3.63, 3.8) is 0 Å². The zero-order valence-electron chi connectivity index (χ0n) is 15.0. The van der Waals surface area contributed by atoms with Gasteiger partial charge >= 0.3 is 0 Å². The van der Waals surface area contributed by atoms with Crippen LogP contribution in [0.4, 0.5) is 0 Å². The molecule has 1 aliphatic carbocycles. The number of amides is 1. The Hall–Kier alpha value is -2.33. The number of para-hydroxylation sites is 1. The van der Waals surface area contributed by atoms with Crippen LogP contribution >= 0.6 is 0 Å². The predicted molar refractivity (Wildman–Crippen MR) is 103 cm³/mol. The van der Waals surface area contributed by atoms with E-state index in [9.17, 15) is 4.79 Å². The number of carbonyl (C=O) groups excluding carboxylic acids is 1. The highest BCUT2D eigenvalue weighted by molar-refractivity contribution is 5.82. The Morgan fingerprint density at radius 2 is 1.81 bits per heavy atom. The number of hydrogen-bond acceptors (Lipinski definition) is 3. The van der Waals surface area contributed by atoms with Crippen molar-refractivity contribution in [1.82, 2.24) is 10.6 Å². The highest BCUT2D eigenvalue weighted by atomic mass is 16.5. The van der Waals surface area contributed by atoms with Gasteiger partial charge in [0.25, 0.3) is 0 Å². The number of hydrogen-bond donors (Lipinski definition) is 2. The second kappa shape index (κ2) is 7.50. The van der Waals surface area contributed by atoms with E-state index in [0.29, 0.717) is 13.2 Å². The lowest BCUT2D eigenvalue weighted by atomic mass is 9.92. The molecule has 2 aliphatic rings. The normalized spacial score (nSPS) is 20.5. The number of ether oxygens (including phenoxy) is 1. The topological polar surface area (TPSA) is 50.4 Å². The highest BCUT2D eigenvalue weighted by Crippen LogP contribution is 2.58. The van der Waals surface area contributed by atoms with Gasteiger partial charge in [-0.25, -0.2) is 0 Å². The fourth-order valence-corrected chi connectivity index (χ4v) is 4.10. The Morgan fingerprint density at radius 3 is 2.62 bits per heavy atom. The van der Waals surface area contributed by atoms with Crippen LogP contribution in [-0.2, 0) is 4.79 Å². The number of nitrogens with one attached hydrogen (secondary N) is 2. The average Bonchev–Trinajstić information content (AvgIpc) is 3.39. The van der Waals surface area contributed by atoms with Gasteiger partial charge in [-0.05, 0) is 49.4 Å². The lowest BCUT2D eigenvalue weighted by Gasteiger charge is -2.23. The summed E-state index contributed by atoms with van der Waals surface area (Å²) in [6.07, 6.45) is 3.32. The SMILES string of the molecule is O=C(NCCOc1ccccc1-c1ccccc1)C1CC12CCNCC2. The molecule has 136 valence electrons. The molecule has 0 aromatic heterocycles. The fraction of sp³-hybridized carbons (Fsp3) is 0.409. The first-order chi connectivity index (χ1) is 12.8. The fourth-order valence-electron chi connectivity index (χ4n) is 4.10. The third-order valence-electron chi connectivity index (χ3n) is 5.74. The van der Waals surface area contributed by atoms with Gasteiger partial charge in [0.1, 0.15) is 12.4 Å². The molecule has 2 aromatic rings. The first-order valence-corrected chi connectivity index (χ1v) is 9.54. The Balaban J connectivity index is 1.28. The van der Waals surface area contributed by atoms with Crippen molar-refractivity contribution >= 4 is 5.91 Å². The molecule has 1 saturated carbocycles. The smallest absolute Gasteiger partial charge is 0.223 e. The van der Waals surface area contributed by atoms with Gasteiger partial charge in [0.15, 0.2) is 0 Å². The lowest BCUT2D eigenvalue weighted by Crippen LogP contribution is -2.35. The van der Waals surface area contributed by atoms with Crippen LogP contribution < -0.4 is 15.4 Å². The van der Waals surface area contributed by atoms with Crippen LogP contribution in [0, 0.1) is 11.3 Å². The van der Waals surface area contributed by atoms with Crippen LogP contribution in [0.5, 0.6) is 5.75 Å². The summed E-state index contributed by atoms with van der Waals surface area (Å²) in [7, 11) is 0. The van der Waals surface area contributed by atoms with Gasteiger partial charge in [-0.2, -0.15) is 0 Å². The number of carbonyl (C=O) groups is 1. The van der Waals surface area contributed by atoms with Gasteiger partial charge in [-0.3, -0.25) is 4.79 Å². The zero-order valence-corrected chi connectivity index (χ0v) is 15.0. The summed E-state index contributed by atoms with van der Waals surface area (Å²) in [6, 6.07) is 18.3. The summed E-state index contributed by atoms with van der Waals surface area (Å²) >= 11 is 0. The van der Waals surface area contributed by atoms with Gasteiger partial charge in [0.05, 0.1) is 6.54 Å². The summed E-state index contributed by atoms with van der Waals surface area (Å²) in [6.45, 7) is 3.12. The third kappa shape index (κ3) is 3.61. The van der Waals surface area contributed by atoms with E-state index in [1.807, 2.05) is 36.4 Å². The molecule has 4 heteroatoms. The molecule has 1 saturated heterocycles. The molecular weight excluding hydrogens is 324 g/mol. The molecule has 2 fully saturated rings. The van der Waals surface area contributed by atoms with Crippen molar-refractivity contribution in [3.8, 4) is 16.9 Å². The van der Waals surface area contributed by atoms with Gasteiger partial charge in [-0.1, -0.05) is 48.5 Å². The van der Waals surface area contributed by atoms with E-state index in [2.05, 4.69) is 28.8 Å². The molecule has 1 spiro atoms. The Kier molecular flexibility index (Phi) is 4.93. The van der Waals surface area contributed by atoms with Crippen molar-refractivity contribution in [1.29, 1.82) is 0 Å². The summed E-state index contributed by atoms with van der Waals surface area (Å²) in [4.78, 5) is 12.4. The predicted octanol–water partition coefficient (Wildman–Crippen LogP) is 3.24. The summed E-state index contributed by atoms with van der Waals surface area (Å²) in [5.74, 6) is 1.27. The quantitative estimate of drug-likeness (QED) is 0.787. The minimum absolute atomic E-state index is 0.201. The summed E-state index contributed by atoms with van der Waals surface area (Å²) in [5, 5.41) is 6.44. The largest absolute Gasteiger partial charge is 0.491 e. The molecule has 2 N–H and O–H groups in total. The van der Waals surface area contributed by atoms with E-state index in [1.54, 1.807) is 0 Å².